The molecule has 3 atom stereocenters. The Bertz CT molecular complexity index is 2310. The number of amides is 5. The number of hydrogen-bond donors (Lipinski definition) is 10. The van der Waals surface area contributed by atoms with Crippen LogP contribution in [0.4, 0.5) is 4.79 Å². The Hall–Kier alpha value is -6.24. The Morgan fingerprint density at radius 2 is 1.13 bits per heavy atom. The topological polar surface area (TPSA) is 345 Å². The second-order valence-electron chi connectivity index (χ2n) is 19.6. The van der Waals surface area contributed by atoms with Crippen LogP contribution in [0.25, 0.3) is 10.8 Å². The average molecular weight is 1130 g/mol. The van der Waals surface area contributed by atoms with E-state index in [1.54, 1.807) is 9.80 Å². The lowest BCUT2D eigenvalue weighted by molar-refractivity contribution is -0.141. The second kappa shape index (κ2) is 36.0. The molecule has 1 saturated carbocycles. The third-order valence-electron chi connectivity index (χ3n) is 13.4. The van der Waals surface area contributed by atoms with Crippen LogP contribution in [0.2, 0.25) is 0 Å². The van der Waals surface area contributed by atoms with E-state index in [0.29, 0.717) is 91.0 Å². The minimum atomic E-state index is -1.55. The summed E-state index contributed by atoms with van der Waals surface area (Å²) in [7, 11) is 1.08. The molecule has 0 unspecified atom stereocenters. The van der Waals surface area contributed by atoms with Gasteiger partial charge >= 0.3 is 35.9 Å². The molecule has 78 heavy (non-hydrogen) atoms. The molecule has 24 nitrogen and oxygen atoms in total. The van der Waals surface area contributed by atoms with Crippen molar-refractivity contribution < 1.29 is 73.5 Å². The molecule has 1 aliphatic carbocycles. The summed E-state index contributed by atoms with van der Waals surface area (Å²) in [5.74, 6) is -7.45. The van der Waals surface area contributed by atoms with E-state index in [4.69, 9.17) is 5.11 Å². The van der Waals surface area contributed by atoms with E-state index in [0.717, 1.165) is 29.9 Å². The molecule has 1 heterocycles. The minimum Gasteiger partial charge on any atom is -0.481 e. The van der Waals surface area contributed by atoms with E-state index in [2.05, 4.69) is 45.3 Å². The van der Waals surface area contributed by atoms with Gasteiger partial charge in [0, 0.05) is 84.2 Å². The molecule has 1 aliphatic heterocycles. The molecule has 5 amide bonds. The highest BCUT2D eigenvalue weighted by Gasteiger charge is 2.31. The normalized spacial score (nSPS) is 18.2. The number of aliphatic carboxylic acids is 5. The number of benzene rings is 2. The van der Waals surface area contributed by atoms with Crippen LogP contribution in [0.15, 0.2) is 42.5 Å². The van der Waals surface area contributed by atoms with Crippen LogP contribution in [-0.2, 0) is 61.4 Å². The number of Topliss-reactive ketones (excluding diaryl/α,β-unsaturated/α-hetero) is 1. The number of fused-ring (bicyclic) bond motifs is 1. The minimum absolute atomic E-state index is 0.0342. The van der Waals surface area contributed by atoms with Gasteiger partial charge in [-0.05, 0) is 94.1 Å². The van der Waals surface area contributed by atoms with Crippen molar-refractivity contribution in [3.05, 3.63) is 48.0 Å². The van der Waals surface area contributed by atoms with Gasteiger partial charge in [-0.25, -0.2) is 14.4 Å². The Morgan fingerprint density at radius 1 is 0.615 bits per heavy atom. The van der Waals surface area contributed by atoms with Crippen LogP contribution >= 0.6 is 7.36 Å². The number of ketones is 1. The molecular weight excluding hydrogens is 1050 g/mol. The molecular formula is C52H78N9O15PS. The van der Waals surface area contributed by atoms with E-state index in [1.165, 1.54) is 6.92 Å². The van der Waals surface area contributed by atoms with Crippen LogP contribution in [0.5, 0.6) is 0 Å². The quantitative estimate of drug-likeness (QED) is 0.0427. The fourth-order valence-corrected chi connectivity index (χ4v) is 9.10. The first kappa shape index (κ1) is 66.0. The molecule has 432 valence electrons. The molecule has 2 aliphatic rings. The summed E-state index contributed by atoms with van der Waals surface area (Å²) in [6.45, 7) is 6.68. The van der Waals surface area contributed by atoms with Gasteiger partial charge in [0.25, 0.3) is 0 Å². The zero-order chi connectivity index (χ0) is 57.6. The fraction of sp³-hybridized carbons (Fsp3) is 0.615. The summed E-state index contributed by atoms with van der Waals surface area (Å²) >= 11 is 4.53. The molecule has 26 heteroatoms. The Labute approximate surface area is 461 Å². The molecule has 0 radical (unpaired) electrons. The van der Waals surface area contributed by atoms with Crippen molar-refractivity contribution in [3.63, 3.8) is 0 Å². The van der Waals surface area contributed by atoms with Gasteiger partial charge in [0.15, 0.2) is 0 Å². The highest BCUT2D eigenvalue weighted by atomic mass is 32.4. The number of urea groups is 1. The molecule has 4 rings (SSSR count). The first-order valence-electron chi connectivity index (χ1n) is 26.3. The summed E-state index contributed by atoms with van der Waals surface area (Å²) in [6, 6.07) is 8.52. The number of hydrogen-bond acceptors (Lipinski definition) is 15. The number of unbranched alkanes of at least 4 members (excludes halogenated alkanes) is 1. The van der Waals surface area contributed by atoms with E-state index in [-0.39, 0.29) is 81.4 Å². The summed E-state index contributed by atoms with van der Waals surface area (Å²) in [5, 5.41) is 62.0. The lowest BCUT2D eigenvalue weighted by atomic mass is 9.81. The van der Waals surface area contributed by atoms with E-state index in [9.17, 15) is 68.4 Å². The number of carboxylic acid groups (broad SMARTS) is 5. The molecule has 0 spiro atoms. The van der Waals surface area contributed by atoms with Crippen molar-refractivity contribution in [2.75, 3.05) is 97.8 Å². The molecule has 2 aromatic rings. The predicted molar refractivity (Wildman–Crippen MR) is 293 cm³/mol. The average Bonchev–Trinajstić information content (AvgIpc) is 3.39. The monoisotopic (exact) mass is 1130 g/mol. The lowest BCUT2D eigenvalue weighted by Gasteiger charge is -2.33. The molecule has 0 aromatic heterocycles. The Balaban J connectivity index is 0.00000386. The van der Waals surface area contributed by atoms with Crippen molar-refractivity contribution in [1.29, 1.82) is 0 Å². The Morgan fingerprint density at radius 3 is 1.63 bits per heavy atom. The summed E-state index contributed by atoms with van der Waals surface area (Å²) < 4.78 is 0. The van der Waals surface area contributed by atoms with Crippen molar-refractivity contribution in [3.8, 4) is 0 Å². The number of carboxylic acids is 5. The van der Waals surface area contributed by atoms with Crippen LogP contribution in [0, 0.1) is 11.8 Å². The van der Waals surface area contributed by atoms with E-state index in [1.807, 2.05) is 52.3 Å². The second-order valence-corrected chi connectivity index (χ2v) is 21.3. The van der Waals surface area contributed by atoms with Gasteiger partial charge in [-0.2, -0.15) is 0 Å². The number of carbonyl (C=O) groups excluding carboxylic acids is 5. The van der Waals surface area contributed by atoms with Gasteiger partial charge < -0.3 is 52.1 Å². The van der Waals surface area contributed by atoms with Crippen molar-refractivity contribution in [2.24, 2.45) is 11.8 Å². The number of nitrogens with one attached hydrogen (secondary N) is 5. The molecule has 1 saturated heterocycles. The van der Waals surface area contributed by atoms with Crippen LogP contribution in [0.3, 0.4) is 0 Å². The third kappa shape index (κ3) is 26.9. The first-order chi connectivity index (χ1) is 37.1. The smallest absolute Gasteiger partial charge is 0.326 e. The SMILES string of the molecule is CC(=O)CN1CCN(CC(=O)O)CCN(CC(=O)O)CCN(CC(=O)NCC2CCC(C(=O)N[C@@H](Cc3ccc4ccccc4c3)C(=O)NCCCC[C@H](NC(=O)N[C@@H](CCC(=O)O)C(=O)O)C(=O)O)CC2)CC1.CCP=S. The molecule has 0 bridgehead atoms. The van der Waals surface area contributed by atoms with Crippen LogP contribution in [0.1, 0.15) is 77.2 Å². The van der Waals surface area contributed by atoms with Crippen LogP contribution in [-0.4, -0.2) is 220 Å². The van der Waals surface area contributed by atoms with Crippen molar-refractivity contribution >= 4 is 89.3 Å². The molecule has 10 N–H and O–H groups in total. The first-order valence-corrected chi connectivity index (χ1v) is 28.4. The van der Waals surface area contributed by atoms with E-state index < -0.39 is 72.8 Å². The highest BCUT2D eigenvalue weighted by Crippen LogP contribution is 2.29. The van der Waals surface area contributed by atoms with Gasteiger partial charge in [0.1, 0.15) is 23.9 Å². The molecule has 2 fully saturated rings. The maximum Gasteiger partial charge on any atom is 0.326 e. The van der Waals surface area contributed by atoms with Gasteiger partial charge in [-0.1, -0.05) is 61.2 Å². The van der Waals surface area contributed by atoms with E-state index >= 15 is 0 Å². The number of rotatable bonds is 28. The van der Waals surface area contributed by atoms with Crippen molar-refractivity contribution in [1.82, 2.24) is 46.2 Å². The zero-order valence-electron chi connectivity index (χ0n) is 44.6. The third-order valence-corrected chi connectivity index (χ3v) is 14.4. The van der Waals surface area contributed by atoms with Gasteiger partial charge in [0.05, 0.1) is 26.2 Å². The predicted octanol–water partition coefficient (Wildman–Crippen LogP) is 1.54. The summed E-state index contributed by atoms with van der Waals surface area (Å²) in [5.41, 5.74) is 0.813. The van der Waals surface area contributed by atoms with Crippen LogP contribution < -0.4 is 26.6 Å². The Kier molecular flexibility index (Phi) is 30.5. The van der Waals surface area contributed by atoms with Gasteiger partial charge in [-0.3, -0.25) is 53.2 Å². The molecule has 2 aromatic carbocycles. The maximum atomic E-state index is 13.8. The van der Waals surface area contributed by atoms with Gasteiger partial charge in [0.2, 0.25) is 17.7 Å². The van der Waals surface area contributed by atoms with Crippen molar-refractivity contribution in [2.45, 2.75) is 96.2 Å². The highest BCUT2D eigenvalue weighted by molar-refractivity contribution is 7.96. The standard InChI is InChI=1S/C50H73N9O15.C2H5PS/c1-33(60)29-56-18-20-57(21-23-59(32-45(66)67)25-24-58(22-19-56)31-44(64)65)30-42(61)52-28-34-9-13-37(14-10-34)46(68)53-41(27-35-11-12-36-6-2-3-7-38(36)26-35)47(69)51-17-5-4-8-39(48(70)71)54-50(74)55-40(49(72)73)15-16-43(62)63;1-2-3-4/h2-3,6-7,11-12,26,34,37,39-41H,4-5,8-10,13-25,27-32H2,1H3,(H,51,69)(H,52,61)(H,53,68)(H,62,63)(H,64,65)(H,66,67)(H,70,71)(H,72,73)(H2,54,55,74);2H2,1H3/t34?,37?,39-,40-,41-;/m0./s1. The zero-order valence-corrected chi connectivity index (χ0v) is 46.3. The number of carbonyl (C=O) groups is 10. The number of nitrogens with zero attached hydrogens (tertiary/aromatic N) is 4. The summed E-state index contributed by atoms with van der Waals surface area (Å²) in [4.78, 5) is 130. The summed E-state index contributed by atoms with van der Waals surface area (Å²) in [6.07, 6.45) is 3.15. The fourth-order valence-electron chi connectivity index (χ4n) is 9.10. The largest absolute Gasteiger partial charge is 0.481 e. The van der Waals surface area contributed by atoms with Gasteiger partial charge in [-0.15, -0.1) is 0 Å². The maximum absolute atomic E-state index is 13.8. The lowest BCUT2D eigenvalue weighted by Crippen LogP contribution is -2.51.